The van der Waals surface area contributed by atoms with E-state index in [-0.39, 0.29) is 5.56 Å². The van der Waals surface area contributed by atoms with Crippen LogP contribution in [0.3, 0.4) is 0 Å². The summed E-state index contributed by atoms with van der Waals surface area (Å²) in [5.41, 5.74) is 3.65. The van der Waals surface area contributed by atoms with Crippen molar-refractivity contribution < 1.29 is 9.90 Å². The topological polar surface area (TPSA) is 62.2 Å². The number of nitrogens with zero attached hydrogens (tertiary/aromatic N) is 1. The third-order valence-corrected chi connectivity index (χ3v) is 3.30. The van der Waals surface area contributed by atoms with Gasteiger partial charge in [-0.15, -0.1) is 0 Å². The summed E-state index contributed by atoms with van der Waals surface area (Å²) in [7, 11) is 0. The second-order valence-corrected chi connectivity index (χ2v) is 4.80. The van der Waals surface area contributed by atoms with Crippen LogP contribution in [0.25, 0.3) is 11.1 Å². The van der Waals surface area contributed by atoms with Crippen molar-refractivity contribution in [2.75, 3.05) is 5.32 Å². The molecule has 0 amide bonds. The van der Waals surface area contributed by atoms with Gasteiger partial charge in [0.1, 0.15) is 0 Å². The summed E-state index contributed by atoms with van der Waals surface area (Å²) < 4.78 is 0. The van der Waals surface area contributed by atoms with Crippen molar-refractivity contribution >= 4 is 17.3 Å². The molecule has 0 radical (unpaired) electrons. The Bertz CT molecular complexity index is 801. The van der Waals surface area contributed by atoms with E-state index in [4.69, 9.17) is 0 Å². The monoisotopic (exact) mass is 290 g/mol. The predicted molar refractivity (Wildman–Crippen MR) is 86.4 cm³/mol. The minimum Gasteiger partial charge on any atom is -0.478 e. The molecule has 0 aliphatic heterocycles. The van der Waals surface area contributed by atoms with E-state index >= 15 is 0 Å². The van der Waals surface area contributed by atoms with Crippen LogP contribution in [0.1, 0.15) is 10.4 Å². The van der Waals surface area contributed by atoms with Gasteiger partial charge in [0.15, 0.2) is 0 Å². The number of carbonyl (C=O) groups is 1. The SMILES string of the molecule is O=C(O)c1ccncc1Nc1cccc(-c2ccccc2)c1. The molecule has 0 unspecified atom stereocenters. The zero-order valence-corrected chi connectivity index (χ0v) is 11.7. The average molecular weight is 290 g/mol. The van der Waals surface area contributed by atoms with Crippen molar-refractivity contribution in [2.24, 2.45) is 0 Å². The predicted octanol–water partition coefficient (Wildman–Crippen LogP) is 4.19. The summed E-state index contributed by atoms with van der Waals surface area (Å²) in [6.07, 6.45) is 2.98. The number of carboxylic acid groups (broad SMARTS) is 1. The number of rotatable bonds is 4. The molecule has 3 aromatic rings. The highest BCUT2D eigenvalue weighted by atomic mass is 16.4. The van der Waals surface area contributed by atoms with Crippen LogP contribution in [0.2, 0.25) is 0 Å². The van der Waals surface area contributed by atoms with Gasteiger partial charge >= 0.3 is 5.97 Å². The maximum atomic E-state index is 11.2. The van der Waals surface area contributed by atoms with E-state index in [1.54, 1.807) is 0 Å². The van der Waals surface area contributed by atoms with E-state index in [2.05, 4.69) is 10.3 Å². The Balaban J connectivity index is 1.93. The highest BCUT2D eigenvalue weighted by Crippen LogP contribution is 2.25. The molecule has 0 fully saturated rings. The molecule has 0 bridgehead atoms. The molecule has 2 aromatic carbocycles. The van der Waals surface area contributed by atoms with Gasteiger partial charge in [-0.05, 0) is 29.3 Å². The molecule has 0 spiro atoms. The molecule has 0 aliphatic rings. The van der Waals surface area contributed by atoms with Crippen molar-refractivity contribution in [2.45, 2.75) is 0 Å². The minimum absolute atomic E-state index is 0.195. The molecule has 4 heteroatoms. The highest BCUT2D eigenvalue weighted by molar-refractivity contribution is 5.94. The normalized spacial score (nSPS) is 10.2. The molecule has 22 heavy (non-hydrogen) atoms. The number of aromatic nitrogens is 1. The van der Waals surface area contributed by atoms with Crippen LogP contribution in [0.4, 0.5) is 11.4 Å². The minimum atomic E-state index is -0.982. The van der Waals surface area contributed by atoms with Crippen LogP contribution in [-0.4, -0.2) is 16.1 Å². The van der Waals surface area contributed by atoms with Crippen LogP contribution in [0, 0.1) is 0 Å². The molecule has 3 rings (SSSR count). The van der Waals surface area contributed by atoms with Crippen LogP contribution >= 0.6 is 0 Å². The van der Waals surface area contributed by atoms with E-state index < -0.39 is 5.97 Å². The third kappa shape index (κ3) is 2.96. The molecule has 1 heterocycles. The first-order valence-corrected chi connectivity index (χ1v) is 6.84. The second kappa shape index (κ2) is 6.10. The van der Waals surface area contributed by atoms with Gasteiger partial charge in [0.2, 0.25) is 0 Å². The Morgan fingerprint density at radius 3 is 2.50 bits per heavy atom. The summed E-state index contributed by atoms with van der Waals surface area (Å²) in [5.74, 6) is -0.982. The maximum absolute atomic E-state index is 11.2. The third-order valence-electron chi connectivity index (χ3n) is 3.30. The smallest absolute Gasteiger partial charge is 0.337 e. The lowest BCUT2D eigenvalue weighted by molar-refractivity contribution is 0.0698. The Kier molecular flexibility index (Phi) is 3.83. The molecule has 2 N–H and O–H groups in total. The Morgan fingerprint density at radius 1 is 0.955 bits per heavy atom. The number of hydrogen-bond donors (Lipinski definition) is 2. The molecule has 0 atom stereocenters. The van der Waals surface area contributed by atoms with Crippen LogP contribution < -0.4 is 5.32 Å². The molecule has 0 saturated heterocycles. The lowest BCUT2D eigenvalue weighted by Crippen LogP contribution is -2.03. The zero-order chi connectivity index (χ0) is 15.4. The summed E-state index contributed by atoms with van der Waals surface area (Å²) >= 11 is 0. The van der Waals surface area contributed by atoms with Gasteiger partial charge in [-0.2, -0.15) is 0 Å². The van der Waals surface area contributed by atoms with E-state index in [0.717, 1.165) is 16.8 Å². The Labute approximate surface area is 128 Å². The van der Waals surface area contributed by atoms with Crippen LogP contribution in [-0.2, 0) is 0 Å². The van der Waals surface area contributed by atoms with Gasteiger partial charge in [0.25, 0.3) is 0 Å². The number of benzene rings is 2. The van der Waals surface area contributed by atoms with Crippen molar-refractivity contribution in [3.8, 4) is 11.1 Å². The number of anilines is 2. The van der Waals surface area contributed by atoms with E-state index in [0.29, 0.717) is 5.69 Å². The zero-order valence-electron chi connectivity index (χ0n) is 11.7. The lowest BCUT2D eigenvalue weighted by atomic mass is 10.1. The fourth-order valence-corrected chi connectivity index (χ4v) is 2.24. The highest BCUT2D eigenvalue weighted by Gasteiger charge is 2.09. The van der Waals surface area contributed by atoms with Gasteiger partial charge < -0.3 is 10.4 Å². The fraction of sp³-hybridized carbons (Fsp3) is 0. The van der Waals surface area contributed by atoms with E-state index in [1.807, 2.05) is 54.6 Å². The first-order chi connectivity index (χ1) is 10.7. The largest absolute Gasteiger partial charge is 0.478 e. The van der Waals surface area contributed by atoms with E-state index in [9.17, 15) is 9.90 Å². The van der Waals surface area contributed by atoms with Gasteiger partial charge in [0, 0.05) is 11.9 Å². The van der Waals surface area contributed by atoms with E-state index in [1.165, 1.54) is 18.5 Å². The molecule has 1 aromatic heterocycles. The summed E-state index contributed by atoms with van der Waals surface area (Å²) in [4.78, 5) is 15.2. The van der Waals surface area contributed by atoms with Crippen molar-refractivity contribution in [3.05, 3.63) is 78.6 Å². The Hall–Kier alpha value is -3.14. The molecule has 0 aliphatic carbocycles. The number of carboxylic acids is 1. The number of pyridine rings is 1. The fourth-order valence-electron chi connectivity index (χ4n) is 2.24. The molecule has 108 valence electrons. The number of hydrogen-bond acceptors (Lipinski definition) is 3. The van der Waals surface area contributed by atoms with Gasteiger partial charge in [-0.1, -0.05) is 42.5 Å². The van der Waals surface area contributed by atoms with Gasteiger partial charge in [-0.25, -0.2) is 4.79 Å². The summed E-state index contributed by atoms with van der Waals surface area (Å²) in [6.45, 7) is 0. The number of nitrogens with one attached hydrogen (secondary N) is 1. The average Bonchev–Trinajstić information content (AvgIpc) is 2.56. The molecular weight excluding hydrogens is 276 g/mol. The Morgan fingerprint density at radius 2 is 1.73 bits per heavy atom. The van der Waals surface area contributed by atoms with Crippen LogP contribution in [0.15, 0.2) is 73.1 Å². The van der Waals surface area contributed by atoms with Crippen LogP contribution in [0.5, 0.6) is 0 Å². The van der Waals surface area contributed by atoms with Crippen molar-refractivity contribution in [1.82, 2.24) is 4.98 Å². The standard InChI is InChI=1S/C18H14N2O2/c21-18(22)16-9-10-19-12-17(16)20-15-8-4-7-14(11-15)13-5-2-1-3-6-13/h1-12,20H,(H,21,22). The second-order valence-electron chi connectivity index (χ2n) is 4.80. The van der Waals surface area contributed by atoms with Gasteiger partial charge in [-0.3, -0.25) is 4.98 Å². The van der Waals surface area contributed by atoms with Crippen molar-refractivity contribution in [1.29, 1.82) is 0 Å². The first-order valence-electron chi connectivity index (χ1n) is 6.84. The summed E-state index contributed by atoms with van der Waals surface area (Å²) in [6, 6.07) is 19.3. The maximum Gasteiger partial charge on any atom is 0.337 e. The first kappa shape index (κ1) is 13.8. The van der Waals surface area contributed by atoms with Crippen molar-refractivity contribution in [3.63, 3.8) is 0 Å². The molecule has 0 saturated carbocycles. The molecular formula is C18H14N2O2. The quantitative estimate of drug-likeness (QED) is 0.756. The lowest BCUT2D eigenvalue weighted by Gasteiger charge is -2.10. The molecule has 4 nitrogen and oxygen atoms in total. The summed E-state index contributed by atoms with van der Waals surface area (Å²) in [5, 5.41) is 12.3. The number of aromatic carboxylic acids is 1. The van der Waals surface area contributed by atoms with Gasteiger partial charge in [0.05, 0.1) is 17.4 Å².